The molecule has 0 aliphatic carbocycles. The van der Waals surface area contributed by atoms with E-state index in [9.17, 15) is 22.8 Å². The van der Waals surface area contributed by atoms with E-state index >= 15 is 0 Å². The molecule has 3 rings (SSSR count). The van der Waals surface area contributed by atoms with E-state index in [-0.39, 0.29) is 30.3 Å². The highest BCUT2D eigenvalue weighted by molar-refractivity contribution is 5.88. The van der Waals surface area contributed by atoms with Crippen molar-refractivity contribution in [3.05, 3.63) is 35.4 Å². The summed E-state index contributed by atoms with van der Waals surface area (Å²) in [6.07, 6.45) is -2.50. The number of nitrogens with zero attached hydrogens (tertiary/aromatic N) is 2. The highest BCUT2D eigenvalue weighted by Crippen LogP contribution is 2.32. The minimum atomic E-state index is -4.46. The maximum absolute atomic E-state index is 13.3. The van der Waals surface area contributed by atoms with Crippen LogP contribution in [-0.2, 0) is 22.3 Å². The van der Waals surface area contributed by atoms with Crippen LogP contribution in [-0.4, -0.2) is 67.4 Å². The van der Waals surface area contributed by atoms with Crippen LogP contribution in [0.4, 0.5) is 13.2 Å². The highest BCUT2D eigenvalue weighted by atomic mass is 19.4. The maximum atomic E-state index is 13.3. The molecule has 166 valence electrons. The Balaban J connectivity index is 1.61. The molecular formula is C21H29F3N4O2. The van der Waals surface area contributed by atoms with Crippen molar-refractivity contribution in [2.24, 2.45) is 5.92 Å². The number of nitrogens with one attached hydrogen (secondary N) is 2. The fourth-order valence-electron chi connectivity index (χ4n) is 4.10. The van der Waals surface area contributed by atoms with Crippen LogP contribution in [0.5, 0.6) is 0 Å². The van der Waals surface area contributed by atoms with Crippen molar-refractivity contribution in [2.75, 3.05) is 39.8 Å². The summed E-state index contributed by atoms with van der Waals surface area (Å²) in [5.41, 5.74) is -0.599. The normalized spacial score (nSPS) is 22.0. The third kappa shape index (κ3) is 5.95. The topological polar surface area (TPSA) is 64.7 Å². The first-order chi connectivity index (χ1) is 14.2. The lowest BCUT2D eigenvalue weighted by molar-refractivity contribution is -0.139. The minimum Gasteiger partial charge on any atom is -0.356 e. The molecule has 2 aliphatic rings. The summed E-state index contributed by atoms with van der Waals surface area (Å²) in [5, 5.41) is 5.63. The summed E-state index contributed by atoms with van der Waals surface area (Å²) in [4.78, 5) is 28.8. The Morgan fingerprint density at radius 1 is 1.20 bits per heavy atom. The fraction of sp³-hybridized carbons (Fsp3) is 0.619. The lowest BCUT2D eigenvalue weighted by Gasteiger charge is -2.35. The number of amides is 2. The maximum Gasteiger partial charge on any atom is 0.416 e. The third-order valence-corrected chi connectivity index (χ3v) is 5.94. The van der Waals surface area contributed by atoms with Gasteiger partial charge in [-0.1, -0.05) is 18.2 Å². The number of hydrogen-bond donors (Lipinski definition) is 2. The SMILES string of the molecule is CN1CCC(CNC(=O)CC2C(=O)NCCN2Cc2ccccc2C(F)(F)F)CC1. The van der Waals surface area contributed by atoms with Crippen LogP contribution in [0.15, 0.2) is 24.3 Å². The molecule has 2 saturated heterocycles. The van der Waals surface area contributed by atoms with Gasteiger partial charge >= 0.3 is 6.18 Å². The van der Waals surface area contributed by atoms with E-state index in [4.69, 9.17) is 0 Å². The third-order valence-electron chi connectivity index (χ3n) is 5.94. The second-order valence-corrected chi connectivity index (χ2v) is 8.19. The summed E-state index contributed by atoms with van der Waals surface area (Å²) in [5.74, 6) is -0.148. The monoisotopic (exact) mass is 426 g/mol. The number of hydrogen-bond acceptors (Lipinski definition) is 4. The Hall–Kier alpha value is -2.13. The van der Waals surface area contributed by atoms with E-state index in [1.807, 2.05) is 0 Å². The molecule has 1 atom stereocenters. The quantitative estimate of drug-likeness (QED) is 0.729. The molecule has 9 heteroatoms. The van der Waals surface area contributed by atoms with Crippen LogP contribution in [0.3, 0.4) is 0 Å². The van der Waals surface area contributed by atoms with Gasteiger partial charge in [-0.2, -0.15) is 13.2 Å². The predicted molar refractivity (Wildman–Crippen MR) is 106 cm³/mol. The van der Waals surface area contributed by atoms with E-state index < -0.39 is 17.8 Å². The van der Waals surface area contributed by atoms with Crippen molar-refractivity contribution >= 4 is 11.8 Å². The molecule has 0 spiro atoms. The van der Waals surface area contributed by atoms with E-state index in [0.29, 0.717) is 25.6 Å². The molecular weight excluding hydrogens is 397 g/mol. The predicted octanol–water partition coefficient (Wildman–Crippen LogP) is 1.85. The standard InChI is InChI=1S/C21H29F3N4O2/c1-27-9-6-15(7-10-27)13-26-19(29)12-18-20(30)25-8-11-28(18)14-16-4-2-3-5-17(16)21(22,23)24/h2-5,15,18H,6-14H2,1H3,(H,25,30)(H,26,29). The second-order valence-electron chi connectivity index (χ2n) is 8.19. The van der Waals surface area contributed by atoms with Crippen LogP contribution < -0.4 is 10.6 Å². The zero-order chi connectivity index (χ0) is 21.7. The van der Waals surface area contributed by atoms with Crippen LogP contribution in [0.25, 0.3) is 0 Å². The number of benzene rings is 1. The zero-order valence-corrected chi connectivity index (χ0v) is 17.2. The van der Waals surface area contributed by atoms with Gasteiger partial charge in [0, 0.05) is 26.2 Å². The molecule has 2 amide bonds. The van der Waals surface area contributed by atoms with E-state index in [1.165, 1.54) is 12.1 Å². The number of piperazine rings is 1. The first-order valence-corrected chi connectivity index (χ1v) is 10.4. The lowest BCUT2D eigenvalue weighted by atomic mass is 9.97. The first kappa shape index (κ1) is 22.6. The Labute approximate surface area is 174 Å². The van der Waals surface area contributed by atoms with Gasteiger partial charge in [0.2, 0.25) is 11.8 Å². The molecule has 0 aromatic heterocycles. The summed E-state index contributed by atoms with van der Waals surface area (Å²) >= 11 is 0. The number of carbonyl (C=O) groups excluding carboxylic acids is 2. The van der Waals surface area contributed by atoms with Gasteiger partial charge in [0.05, 0.1) is 18.0 Å². The molecule has 2 aliphatic heterocycles. The van der Waals surface area contributed by atoms with Gasteiger partial charge in [-0.05, 0) is 50.5 Å². The van der Waals surface area contributed by atoms with Gasteiger partial charge in [0.25, 0.3) is 0 Å². The highest BCUT2D eigenvalue weighted by Gasteiger charge is 2.36. The van der Waals surface area contributed by atoms with Gasteiger partial charge in [0.1, 0.15) is 0 Å². The summed E-state index contributed by atoms with van der Waals surface area (Å²) in [7, 11) is 2.07. The lowest BCUT2D eigenvalue weighted by Crippen LogP contribution is -2.56. The van der Waals surface area contributed by atoms with Gasteiger partial charge in [-0.15, -0.1) is 0 Å². The van der Waals surface area contributed by atoms with Crippen LogP contribution >= 0.6 is 0 Å². The summed E-state index contributed by atoms with van der Waals surface area (Å²) in [6.45, 7) is 3.27. The molecule has 1 unspecified atom stereocenters. The number of rotatable bonds is 6. The van der Waals surface area contributed by atoms with E-state index in [2.05, 4.69) is 22.6 Å². The molecule has 1 aromatic carbocycles. The zero-order valence-electron chi connectivity index (χ0n) is 17.2. The van der Waals surface area contributed by atoms with Crippen molar-refractivity contribution in [3.63, 3.8) is 0 Å². The van der Waals surface area contributed by atoms with Gasteiger partial charge in [0.15, 0.2) is 0 Å². The van der Waals surface area contributed by atoms with E-state index in [1.54, 1.807) is 11.0 Å². The van der Waals surface area contributed by atoms with Gasteiger partial charge in [-0.3, -0.25) is 14.5 Å². The Morgan fingerprint density at radius 2 is 1.90 bits per heavy atom. The molecule has 2 fully saturated rings. The fourth-order valence-corrected chi connectivity index (χ4v) is 4.10. The van der Waals surface area contributed by atoms with E-state index in [0.717, 1.165) is 32.0 Å². The molecule has 0 saturated carbocycles. The molecule has 0 bridgehead atoms. The number of piperidine rings is 1. The minimum absolute atomic E-state index is 0.0317. The van der Waals surface area contributed by atoms with Crippen LogP contribution in [0.2, 0.25) is 0 Å². The van der Waals surface area contributed by atoms with Crippen LogP contribution in [0.1, 0.15) is 30.4 Å². The summed E-state index contributed by atoms with van der Waals surface area (Å²) in [6, 6.07) is 4.59. The second kappa shape index (κ2) is 9.78. The average molecular weight is 426 g/mol. The Morgan fingerprint density at radius 3 is 2.60 bits per heavy atom. The molecule has 30 heavy (non-hydrogen) atoms. The number of likely N-dealkylation sites (tertiary alicyclic amines) is 1. The Kier molecular flexibility index (Phi) is 7.36. The van der Waals surface area contributed by atoms with Crippen molar-refractivity contribution in [2.45, 2.75) is 38.0 Å². The first-order valence-electron chi connectivity index (χ1n) is 10.4. The molecule has 2 N–H and O–H groups in total. The Bertz CT molecular complexity index is 748. The van der Waals surface area contributed by atoms with Crippen molar-refractivity contribution in [3.8, 4) is 0 Å². The smallest absolute Gasteiger partial charge is 0.356 e. The molecule has 1 aromatic rings. The van der Waals surface area contributed by atoms with Gasteiger partial charge < -0.3 is 15.5 Å². The van der Waals surface area contributed by atoms with Crippen molar-refractivity contribution < 1.29 is 22.8 Å². The summed E-state index contributed by atoms with van der Waals surface area (Å²) < 4.78 is 40.0. The van der Waals surface area contributed by atoms with Crippen LogP contribution in [0, 0.1) is 5.92 Å². The molecule has 0 radical (unpaired) electrons. The molecule has 2 heterocycles. The molecule has 6 nitrogen and oxygen atoms in total. The number of alkyl halides is 3. The van der Waals surface area contributed by atoms with Gasteiger partial charge in [-0.25, -0.2) is 0 Å². The average Bonchev–Trinajstić information content (AvgIpc) is 2.70. The number of halogens is 3. The largest absolute Gasteiger partial charge is 0.416 e. The van der Waals surface area contributed by atoms with Crippen molar-refractivity contribution in [1.82, 2.24) is 20.4 Å². The number of carbonyl (C=O) groups is 2. The van der Waals surface area contributed by atoms with Crippen molar-refractivity contribution in [1.29, 1.82) is 0 Å².